The van der Waals surface area contributed by atoms with Gasteiger partial charge in [0, 0.05) is 54.5 Å². The van der Waals surface area contributed by atoms with Crippen LogP contribution >= 0.6 is 0 Å². The second-order valence-electron chi connectivity index (χ2n) is 8.24. The zero-order chi connectivity index (χ0) is 19.3. The van der Waals surface area contributed by atoms with Gasteiger partial charge in [0.2, 0.25) is 0 Å². The fraction of sp³-hybridized carbons (Fsp3) is 0.591. The van der Waals surface area contributed by atoms with Crippen molar-refractivity contribution < 1.29 is 10.2 Å². The third-order valence-electron chi connectivity index (χ3n) is 6.40. The maximum atomic E-state index is 10.5. The first-order valence-electron chi connectivity index (χ1n) is 10.5. The molecule has 2 saturated carbocycles. The Morgan fingerprint density at radius 3 is 2.68 bits per heavy atom. The Hall–Kier alpha value is -1.89. The van der Waals surface area contributed by atoms with E-state index in [1.54, 1.807) is 18.6 Å². The fourth-order valence-corrected chi connectivity index (χ4v) is 4.89. The fourth-order valence-electron chi connectivity index (χ4n) is 4.89. The molecule has 2 fully saturated rings. The summed E-state index contributed by atoms with van der Waals surface area (Å²) in [4.78, 5) is 13.3. The Balaban J connectivity index is 1.51. The SMILES string of the molecule is OCC1C(O)CC(NC2CCCCC2)C1Cc1ccnc(-c2cccnc2)n1. The molecule has 0 bridgehead atoms. The van der Waals surface area contributed by atoms with Crippen molar-refractivity contribution in [3.8, 4) is 11.4 Å². The Kier molecular flexibility index (Phi) is 6.29. The number of aliphatic hydroxyl groups excluding tert-OH is 2. The molecule has 6 heteroatoms. The Morgan fingerprint density at radius 1 is 1.07 bits per heavy atom. The van der Waals surface area contributed by atoms with Crippen LogP contribution in [-0.2, 0) is 6.42 Å². The minimum Gasteiger partial charge on any atom is -0.396 e. The summed E-state index contributed by atoms with van der Waals surface area (Å²) in [6.45, 7) is 0.00915. The molecule has 3 N–H and O–H groups in total. The van der Waals surface area contributed by atoms with Crippen molar-refractivity contribution in [3.05, 3.63) is 42.5 Å². The molecule has 0 radical (unpaired) electrons. The molecule has 0 spiro atoms. The van der Waals surface area contributed by atoms with Crippen molar-refractivity contribution in [2.24, 2.45) is 11.8 Å². The lowest BCUT2D eigenvalue weighted by Crippen LogP contribution is -2.43. The van der Waals surface area contributed by atoms with E-state index in [0.29, 0.717) is 18.3 Å². The van der Waals surface area contributed by atoms with Gasteiger partial charge in [0.15, 0.2) is 5.82 Å². The lowest BCUT2D eigenvalue weighted by molar-refractivity contribution is 0.0715. The van der Waals surface area contributed by atoms with Crippen LogP contribution in [-0.4, -0.2) is 50.0 Å². The molecule has 150 valence electrons. The summed E-state index contributed by atoms with van der Waals surface area (Å²) in [5, 5.41) is 24.2. The van der Waals surface area contributed by atoms with Crippen LogP contribution in [0, 0.1) is 11.8 Å². The Labute approximate surface area is 166 Å². The highest BCUT2D eigenvalue weighted by Crippen LogP contribution is 2.36. The third-order valence-corrected chi connectivity index (χ3v) is 6.40. The lowest BCUT2D eigenvalue weighted by Gasteiger charge is -2.31. The Bertz CT molecular complexity index is 751. The summed E-state index contributed by atoms with van der Waals surface area (Å²) < 4.78 is 0. The first-order chi connectivity index (χ1) is 13.7. The van der Waals surface area contributed by atoms with E-state index in [-0.39, 0.29) is 24.5 Å². The van der Waals surface area contributed by atoms with Gasteiger partial charge in [0.05, 0.1) is 6.10 Å². The summed E-state index contributed by atoms with van der Waals surface area (Å²) in [6.07, 6.45) is 12.6. The highest BCUT2D eigenvalue weighted by atomic mass is 16.3. The van der Waals surface area contributed by atoms with Gasteiger partial charge in [-0.25, -0.2) is 9.97 Å². The average molecular weight is 383 g/mol. The average Bonchev–Trinajstić information content (AvgIpc) is 3.03. The molecule has 2 aromatic rings. The topological polar surface area (TPSA) is 91.2 Å². The summed E-state index contributed by atoms with van der Waals surface area (Å²) in [5.74, 6) is 0.720. The molecule has 2 aromatic heterocycles. The number of pyridine rings is 1. The van der Waals surface area contributed by atoms with E-state index in [1.165, 1.54) is 32.1 Å². The first-order valence-corrected chi connectivity index (χ1v) is 10.5. The molecular formula is C22H30N4O2. The summed E-state index contributed by atoms with van der Waals surface area (Å²) in [6, 6.07) is 6.52. The number of aromatic nitrogens is 3. The van der Waals surface area contributed by atoms with Crippen LogP contribution in [0.5, 0.6) is 0 Å². The summed E-state index contributed by atoms with van der Waals surface area (Å²) in [7, 11) is 0. The van der Waals surface area contributed by atoms with Crippen LogP contribution in [0.1, 0.15) is 44.2 Å². The molecule has 4 atom stereocenters. The molecule has 0 saturated heterocycles. The van der Waals surface area contributed by atoms with Gasteiger partial charge < -0.3 is 15.5 Å². The van der Waals surface area contributed by atoms with Crippen LogP contribution in [0.3, 0.4) is 0 Å². The number of nitrogens with zero attached hydrogens (tertiary/aromatic N) is 3. The van der Waals surface area contributed by atoms with Gasteiger partial charge in [0.1, 0.15) is 0 Å². The molecular weight excluding hydrogens is 352 g/mol. The largest absolute Gasteiger partial charge is 0.396 e. The third kappa shape index (κ3) is 4.40. The molecule has 0 aromatic carbocycles. The molecule has 4 unspecified atom stereocenters. The highest BCUT2D eigenvalue weighted by molar-refractivity contribution is 5.52. The molecule has 0 aliphatic heterocycles. The van der Waals surface area contributed by atoms with Gasteiger partial charge in [-0.1, -0.05) is 19.3 Å². The standard InChI is InChI=1S/C22H30N4O2/c27-14-19-18(20(12-21(19)28)25-16-6-2-1-3-7-16)11-17-8-10-24-22(26-17)15-5-4-9-23-13-15/h4-5,8-10,13,16,18-21,25,27-28H,1-3,6-7,11-12,14H2. The zero-order valence-corrected chi connectivity index (χ0v) is 16.2. The van der Waals surface area contributed by atoms with Crippen LogP contribution in [0.15, 0.2) is 36.8 Å². The van der Waals surface area contributed by atoms with Gasteiger partial charge >= 0.3 is 0 Å². The van der Waals surface area contributed by atoms with Gasteiger partial charge in [-0.2, -0.15) is 0 Å². The number of aliphatic hydroxyl groups is 2. The molecule has 2 heterocycles. The number of rotatable bonds is 6. The minimum absolute atomic E-state index is 0.00915. The number of nitrogens with one attached hydrogen (secondary N) is 1. The normalized spacial score (nSPS) is 28.5. The molecule has 2 aliphatic rings. The van der Waals surface area contributed by atoms with Crippen LogP contribution in [0.4, 0.5) is 0 Å². The van der Waals surface area contributed by atoms with E-state index < -0.39 is 6.10 Å². The maximum Gasteiger partial charge on any atom is 0.160 e. The van der Waals surface area contributed by atoms with Gasteiger partial charge in [-0.15, -0.1) is 0 Å². The minimum atomic E-state index is -0.462. The van der Waals surface area contributed by atoms with Crippen molar-refractivity contribution in [2.45, 2.75) is 63.1 Å². The Morgan fingerprint density at radius 2 is 1.93 bits per heavy atom. The van der Waals surface area contributed by atoms with E-state index in [2.05, 4.69) is 15.3 Å². The lowest BCUT2D eigenvalue weighted by atomic mass is 9.87. The van der Waals surface area contributed by atoms with Crippen molar-refractivity contribution in [1.29, 1.82) is 0 Å². The molecule has 6 nitrogen and oxygen atoms in total. The smallest absolute Gasteiger partial charge is 0.160 e. The van der Waals surface area contributed by atoms with Gasteiger partial charge in [0.25, 0.3) is 0 Å². The van der Waals surface area contributed by atoms with E-state index >= 15 is 0 Å². The molecule has 28 heavy (non-hydrogen) atoms. The van der Waals surface area contributed by atoms with E-state index in [0.717, 1.165) is 17.7 Å². The molecule has 2 aliphatic carbocycles. The molecule has 0 amide bonds. The van der Waals surface area contributed by atoms with Gasteiger partial charge in [-0.3, -0.25) is 4.98 Å². The molecule has 4 rings (SSSR count). The first kappa shape index (κ1) is 19.4. The van der Waals surface area contributed by atoms with Gasteiger partial charge in [-0.05, 0) is 49.8 Å². The van der Waals surface area contributed by atoms with Crippen molar-refractivity contribution in [2.75, 3.05) is 6.61 Å². The van der Waals surface area contributed by atoms with Crippen LogP contribution in [0.25, 0.3) is 11.4 Å². The maximum absolute atomic E-state index is 10.5. The van der Waals surface area contributed by atoms with Crippen LogP contribution in [0.2, 0.25) is 0 Å². The monoisotopic (exact) mass is 382 g/mol. The summed E-state index contributed by atoms with van der Waals surface area (Å²) in [5.41, 5.74) is 1.84. The quantitative estimate of drug-likeness (QED) is 0.710. The predicted molar refractivity (Wildman–Crippen MR) is 107 cm³/mol. The number of hydrogen-bond acceptors (Lipinski definition) is 6. The second kappa shape index (κ2) is 9.07. The van der Waals surface area contributed by atoms with Crippen molar-refractivity contribution in [3.63, 3.8) is 0 Å². The van der Waals surface area contributed by atoms with E-state index in [4.69, 9.17) is 4.98 Å². The second-order valence-corrected chi connectivity index (χ2v) is 8.24. The zero-order valence-electron chi connectivity index (χ0n) is 16.2. The van der Waals surface area contributed by atoms with Crippen molar-refractivity contribution in [1.82, 2.24) is 20.3 Å². The van der Waals surface area contributed by atoms with Crippen LogP contribution < -0.4 is 5.32 Å². The number of hydrogen-bond donors (Lipinski definition) is 3. The van der Waals surface area contributed by atoms with Crippen molar-refractivity contribution >= 4 is 0 Å². The summed E-state index contributed by atoms with van der Waals surface area (Å²) >= 11 is 0. The van der Waals surface area contributed by atoms with E-state index in [1.807, 2.05) is 18.2 Å². The predicted octanol–water partition coefficient (Wildman–Crippen LogP) is 2.36. The van der Waals surface area contributed by atoms with E-state index in [9.17, 15) is 10.2 Å². The highest BCUT2D eigenvalue weighted by Gasteiger charge is 2.42.